The number of nitrogens with zero attached hydrogens (tertiary/aromatic N) is 1. The summed E-state index contributed by atoms with van der Waals surface area (Å²) in [5.41, 5.74) is 1.19. The molecule has 1 aromatic carbocycles. The zero-order valence-corrected chi connectivity index (χ0v) is 11.4. The van der Waals surface area contributed by atoms with Crippen LogP contribution in [0.3, 0.4) is 0 Å². The van der Waals surface area contributed by atoms with Gasteiger partial charge in [0.2, 0.25) is 0 Å². The fourth-order valence-electron chi connectivity index (χ4n) is 1.62. The highest BCUT2D eigenvalue weighted by atomic mass is 127. The summed E-state index contributed by atoms with van der Waals surface area (Å²) in [5.74, 6) is 3.07. The van der Waals surface area contributed by atoms with E-state index in [4.69, 9.17) is 9.15 Å². The fourth-order valence-corrected chi connectivity index (χ4v) is 1.79. The van der Waals surface area contributed by atoms with Gasteiger partial charge in [0.05, 0.1) is 13.2 Å². The van der Waals surface area contributed by atoms with Gasteiger partial charge >= 0.3 is 5.76 Å². The van der Waals surface area contributed by atoms with Crippen molar-refractivity contribution in [2.75, 3.05) is 6.61 Å². The van der Waals surface area contributed by atoms with Crippen LogP contribution >= 0.6 is 22.6 Å². The third-order valence-electron chi connectivity index (χ3n) is 2.25. The smallest absolute Gasteiger partial charge is 0.420 e. The second-order valence-corrected chi connectivity index (χ2v) is 3.80. The minimum absolute atomic E-state index is 0.304. The second-order valence-electron chi connectivity index (χ2n) is 3.26. The highest BCUT2D eigenvalue weighted by Gasteiger charge is 2.12. The van der Waals surface area contributed by atoms with E-state index in [0.717, 1.165) is 0 Å². The maximum atomic E-state index is 11.7. The summed E-state index contributed by atoms with van der Waals surface area (Å²) >= 11 is 1.93. The van der Waals surface area contributed by atoms with E-state index < -0.39 is 5.76 Å². The molecule has 0 N–H and O–H groups in total. The largest absolute Gasteiger partial charge is 0.492 e. The summed E-state index contributed by atoms with van der Waals surface area (Å²) in [6, 6.07) is 5.35. The van der Waals surface area contributed by atoms with Gasteiger partial charge in [-0.05, 0) is 23.0 Å². The van der Waals surface area contributed by atoms with Gasteiger partial charge in [-0.25, -0.2) is 4.79 Å². The van der Waals surface area contributed by atoms with Crippen molar-refractivity contribution < 1.29 is 9.15 Å². The SMILES string of the molecule is CCOc1cccc2oc(=O)n(CC#CI)c12. The van der Waals surface area contributed by atoms with Crippen molar-refractivity contribution in [1.82, 2.24) is 4.57 Å². The Morgan fingerprint density at radius 3 is 3.06 bits per heavy atom. The van der Waals surface area contributed by atoms with Crippen molar-refractivity contribution >= 4 is 33.7 Å². The molecule has 0 saturated carbocycles. The van der Waals surface area contributed by atoms with Crippen LogP contribution in [-0.4, -0.2) is 11.2 Å². The molecule has 0 spiro atoms. The summed E-state index contributed by atoms with van der Waals surface area (Å²) < 4.78 is 14.8. The van der Waals surface area contributed by atoms with Crippen LogP contribution in [0.2, 0.25) is 0 Å². The molecule has 0 amide bonds. The van der Waals surface area contributed by atoms with E-state index in [9.17, 15) is 4.79 Å². The second kappa shape index (κ2) is 5.27. The maximum Gasteiger partial charge on any atom is 0.420 e. The number of benzene rings is 1. The first kappa shape index (κ1) is 12.0. The third kappa shape index (κ3) is 2.31. The van der Waals surface area contributed by atoms with Gasteiger partial charge in [0, 0.05) is 22.6 Å². The molecule has 0 fully saturated rings. The highest BCUT2D eigenvalue weighted by Crippen LogP contribution is 2.24. The Morgan fingerprint density at radius 1 is 1.53 bits per heavy atom. The summed E-state index contributed by atoms with van der Waals surface area (Å²) in [6.07, 6.45) is 0. The zero-order chi connectivity index (χ0) is 12.3. The quantitative estimate of drug-likeness (QED) is 0.635. The molecule has 0 radical (unpaired) electrons. The number of fused-ring (bicyclic) bond motifs is 1. The Kier molecular flexibility index (Phi) is 3.74. The van der Waals surface area contributed by atoms with Crippen LogP contribution in [0.5, 0.6) is 5.75 Å². The number of rotatable bonds is 3. The molecule has 0 bridgehead atoms. The Bertz CT molecular complexity index is 645. The van der Waals surface area contributed by atoms with Crippen LogP contribution in [0.1, 0.15) is 6.92 Å². The zero-order valence-electron chi connectivity index (χ0n) is 9.20. The molecular weight excluding hydrogens is 333 g/mol. The van der Waals surface area contributed by atoms with Gasteiger partial charge in [0.25, 0.3) is 0 Å². The first-order chi connectivity index (χ1) is 8.27. The lowest BCUT2D eigenvalue weighted by Gasteiger charge is -2.05. The lowest BCUT2D eigenvalue weighted by Crippen LogP contribution is -2.13. The fraction of sp³-hybridized carbons (Fsp3) is 0.250. The van der Waals surface area contributed by atoms with Crippen molar-refractivity contribution in [3.05, 3.63) is 28.7 Å². The van der Waals surface area contributed by atoms with E-state index >= 15 is 0 Å². The van der Waals surface area contributed by atoms with E-state index in [1.54, 1.807) is 12.1 Å². The van der Waals surface area contributed by atoms with Crippen LogP contribution in [-0.2, 0) is 6.54 Å². The molecule has 0 aliphatic heterocycles. The topological polar surface area (TPSA) is 44.4 Å². The van der Waals surface area contributed by atoms with Crippen molar-refractivity contribution in [2.24, 2.45) is 0 Å². The van der Waals surface area contributed by atoms with Crippen LogP contribution in [0.25, 0.3) is 11.1 Å². The predicted octanol–water partition coefficient (Wildman–Crippen LogP) is 2.39. The minimum atomic E-state index is -0.411. The molecule has 1 heterocycles. The molecule has 0 aliphatic rings. The van der Waals surface area contributed by atoms with Gasteiger partial charge in [-0.2, -0.15) is 0 Å². The van der Waals surface area contributed by atoms with Crippen LogP contribution in [0.4, 0.5) is 0 Å². The molecule has 17 heavy (non-hydrogen) atoms. The van der Waals surface area contributed by atoms with Gasteiger partial charge in [0.15, 0.2) is 5.58 Å². The molecule has 2 aromatic rings. The molecule has 4 nitrogen and oxygen atoms in total. The molecule has 0 aliphatic carbocycles. The predicted molar refractivity (Wildman–Crippen MR) is 73.4 cm³/mol. The molecule has 0 atom stereocenters. The molecule has 1 aromatic heterocycles. The number of para-hydroxylation sites is 1. The van der Waals surface area contributed by atoms with Gasteiger partial charge in [0.1, 0.15) is 11.3 Å². The molecule has 88 valence electrons. The standard InChI is InChI=1S/C12H10INO3/c1-2-16-9-5-3-6-10-11(9)14(8-4-7-13)12(15)17-10/h3,5-6H,2,8H2,1H3. The normalized spacial score (nSPS) is 10.0. The lowest BCUT2D eigenvalue weighted by atomic mass is 10.3. The molecular formula is C12H10INO3. The number of hydrogen-bond donors (Lipinski definition) is 0. The molecule has 0 unspecified atom stereocenters. The van der Waals surface area contributed by atoms with Gasteiger partial charge in [-0.3, -0.25) is 4.57 Å². The van der Waals surface area contributed by atoms with Gasteiger partial charge in [-0.15, -0.1) is 0 Å². The first-order valence-corrected chi connectivity index (χ1v) is 6.19. The number of ether oxygens (including phenoxy) is 1. The van der Waals surface area contributed by atoms with E-state index in [1.165, 1.54) is 4.57 Å². The Balaban J connectivity index is 2.66. The first-order valence-electron chi connectivity index (χ1n) is 5.11. The molecule has 5 heteroatoms. The number of aromatic nitrogens is 1. The Labute approximate surface area is 112 Å². The minimum Gasteiger partial charge on any atom is -0.492 e. The number of halogens is 1. The van der Waals surface area contributed by atoms with Gasteiger partial charge in [-0.1, -0.05) is 12.0 Å². The van der Waals surface area contributed by atoms with E-state index in [-0.39, 0.29) is 0 Å². The third-order valence-corrected chi connectivity index (χ3v) is 2.63. The van der Waals surface area contributed by atoms with Crippen LogP contribution in [0, 0.1) is 9.85 Å². The van der Waals surface area contributed by atoms with Crippen molar-refractivity contribution in [3.63, 3.8) is 0 Å². The number of hydrogen-bond acceptors (Lipinski definition) is 3. The maximum absolute atomic E-state index is 11.7. The summed E-state index contributed by atoms with van der Waals surface area (Å²) in [7, 11) is 0. The molecule has 0 saturated heterocycles. The van der Waals surface area contributed by atoms with E-state index in [1.807, 2.05) is 35.6 Å². The average Bonchev–Trinajstić information content (AvgIpc) is 2.64. The van der Waals surface area contributed by atoms with Crippen molar-refractivity contribution in [1.29, 1.82) is 0 Å². The summed E-state index contributed by atoms with van der Waals surface area (Å²) in [6.45, 7) is 2.74. The van der Waals surface area contributed by atoms with Crippen molar-refractivity contribution in [3.8, 4) is 15.6 Å². The van der Waals surface area contributed by atoms with Crippen LogP contribution in [0.15, 0.2) is 27.4 Å². The highest BCUT2D eigenvalue weighted by molar-refractivity contribution is 14.1. The van der Waals surface area contributed by atoms with E-state index in [2.05, 4.69) is 9.85 Å². The van der Waals surface area contributed by atoms with E-state index in [0.29, 0.717) is 30.0 Å². The monoisotopic (exact) mass is 343 g/mol. The van der Waals surface area contributed by atoms with Crippen LogP contribution < -0.4 is 10.5 Å². The summed E-state index contributed by atoms with van der Waals surface area (Å²) in [4.78, 5) is 11.7. The number of oxazole rings is 1. The average molecular weight is 343 g/mol. The molecule has 2 rings (SSSR count). The lowest BCUT2D eigenvalue weighted by molar-refractivity contribution is 0.343. The Morgan fingerprint density at radius 2 is 2.35 bits per heavy atom. The van der Waals surface area contributed by atoms with Crippen molar-refractivity contribution in [2.45, 2.75) is 13.5 Å². The summed E-state index contributed by atoms with van der Waals surface area (Å²) in [5, 5.41) is 0. The Hall–Kier alpha value is -1.42. The van der Waals surface area contributed by atoms with Gasteiger partial charge < -0.3 is 9.15 Å².